The highest BCUT2D eigenvalue weighted by Gasteiger charge is 2.35. The first-order chi connectivity index (χ1) is 26.4. The van der Waals surface area contributed by atoms with Crippen molar-refractivity contribution < 1.29 is 57.2 Å². The summed E-state index contributed by atoms with van der Waals surface area (Å²) >= 11 is 0. The summed E-state index contributed by atoms with van der Waals surface area (Å²) in [5.74, 6) is -6.11. The maximum atomic E-state index is 15.2. The summed E-state index contributed by atoms with van der Waals surface area (Å²) in [4.78, 5) is 106. The van der Waals surface area contributed by atoms with E-state index in [1.54, 1.807) is 13.8 Å². The van der Waals surface area contributed by atoms with Crippen molar-refractivity contribution in [2.45, 2.75) is 55.4 Å². The molecule has 0 radical (unpaired) electrons. The van der Waals surface area contributed by atoms with Crippen molar-refractivity contribution in [1.82, 2.24) is 0 Å². The Morgan fingerprint density at radius 2 is 0.500 bits per heavy atom. The van der Waals surface area contributed by atoms with Crippen LogP contribution in [0.1, 0.15) is 52.7 Å². The van der Waals surface area contributed by atoms with Gasteiger partial charge in [-0.2, -0.15) is 0 Å². The average Bonchev–Trinajstić information content (AvgIpc) is 3.05. The average molecular weight is 757 g/mol. The second-order valence-corrected chi connectivity index (χ2v) is 13.6. The summed E-state index contributed by atoms with van der Waals surface area (Å²) in [6.45, 7) is 10.3. The summed E-state index contributed by atoms with van der Waals surface area (Å²) in [5, 5.41) is 1.54. The molecule has 0 aliphatic carbocycles. The maximum absolute atomic E-state index is 15.2. The molecule has 0 bridgehead atoms. The molecule has 280 valence electrons. The molecule has 8 aromatic rings. The zero-order valence-corrected chi connectivity index (χ0v) is 31.0. The van der Waals surface area contributed by atoms with Crippen molar-refractivity contribution in [1.29, 1.82) is 0 Å². The number of rotatable bonds is 6. The van der Waals surface area contributed by atoms with Crippen LogP contribution in [0.4, 0.5) is 0 Å². The summed E-state index contributed by atoms with van der Waals surface area (Å²) in [7, 11) is 0. The van der Waals surface area contributed by atoms with Gasteiger partial charge in [-0.05, 0) is 47.9 Å². The Bertz CT molecular complexity index is 3050. The Labute approximate surface area is 313 Å². The number of benzene rings is 8. The van der Waals surface area contributed by atoms with Gasteiger partial charge in [-0.15, -0.1) is 0 Å². The zero-order chi connectivity index (χ0) is 40.4. The number of fused-ring (bicyclic) bond motifs is 2. The third-order valence-corrected chi connectivity index (χ3v) is 9.67. The van der Waals surface area contributed by atoms with Crippen LogP contribution in [-0.2, 0) is 28.8 Å². The predicted octanol–water partition coefficient (Wildman–Crippen LogP) is 6.40. The van der Waals surface area contributed by atoms with Crippen molar-refractivity contribution >= 4 is 111 Å². The summed E-state index contributed by atoms with van der Waals surface area (Å²) in [5.41, 5.74) is -0.431. The van der Waals surface area contributed by atoms with Crippen LogP contribution in [0.3, 0.4) is 0 Å². The summed E-state index contributed by atoms with van der Waals surface area (Å²) in [6, 6.07) is 5.34. The van der Waals surface area contributed by atoms with Crippen LogP contribution >= 0.6 is 0 Å². The van der Waals surface area contributed by atoms with Gasteiger partial charge in [0.05, 0.1) is 21.5 Å². The molecule has 0 heterocycles. The van der Waals surface area contributed by atoms with Crippen LogP contribution in [0, 0.1) is 13.8 Å². The minimum Gasteiger partial charge on any atom is -0.426 e. The van der Waals surface area contributed by atoms with Gasteiger partial charge in [0, 0.05) is 96.8 Å². The highest BCUT2D eigenvalue weighted by Crippen LogP contribution is 2.58. The molecule has 0 aliphatic heterocycles. The molecule has 14 nitrogen and oxygen atoms in total. The largest absolute Gasteiger partial charge is 0.426 e. The fraction of sp³-hybridized carbons (Fsp3) is 0.190. The zero-order valence-electron chi connectivity index (χ0n) is 31.0. The lowest BCUT2D eigenvalue weighted by Crippen LogP contribution is -2.16. The van der Waals surface area contributed by atoms with E-state index in [9.17, 15) is 28.8 Å². The Hall–Kier alpha value is -7.22. The highest BCUT2D eigenvalue weighted by atomic mass is 16.6. The van der Waals surface area contributed by atoms with E-state index in [4.69, 9.17) is 28.4 Å². The van der Waals surface area contributed by atoms with E-state index in [2.05, 4.69) is 0 Å². The molecule has 0 N–H and O–H groups in total. The standard InChI is InChI=1S/C42H28O14/c1-13-9-21(51-15(3)43)31-35-27(13)28-14(2)10-22(52-16(4)44)32-36(28)40-38-30(24(54-18(6)46)12-26(56-20(8)48)34(38)42(32)50)29-23(53-17(5)45)11-25(55-19(7)47)33(41(31)49)37(29)39(35)40/h9-12H,1-8H3. The van der Waals surface area contributed by atoms with E-state index in [0.29, 0.717) is 21.9 Å². The number of carbonyl (C=O) groups is 6. The van der Waals surface area contributed by atoms with Crippen LogP contribution in [0.2, 0.25) is 0 Å². The molecular formula is C42H28O14. The van der Waals surface area contributed by atoms with Crippen LogP contribution < -0.4 is 39.3 Å². The van der Waals surface area contributed by atoms with Crippen LogP contribution in [0.25, 0.3) is 75.4 Å². The lowest BCUT2D eigenvalue weighted by molar-refractivity contribution is -0.133. The molecule has 0 fully saturated rings. The highest BCUT2D eigenvalue weighted by molar-refractivity contribution is 6.51. The van der Waals surface area contributed by atoms with E-state index >= 15 is 9.59 Å². The van der Waals surface area contributed by atoms with Gasteiger partial charge in [0.1, 0.15) is 34.5 Å². The van der Waals surface area contributed by atoms with E-state index in [1.165, 1.54) is 26.0 Å². The first-order valence-electron chi connectivity index (χ1n) is 17.1. The molecule has 0 saturated heterocycles. The van der Waals surface area contributed by atoms with Gasteiger partial charge < -0.3 is 28.4 Å². The normalized spacial score (nSPS) is 11.8. The number of hydrogen-bond acceptors (Lipinski definition) is 14. The van der Waals surface area contributed by atoms with Crippen molar-refractivity contribution in [2.24, 2.45) is 0 Å². The second kappa shape index (κ2) is 12.1. The molecule has 0 spiro atoms. The maximum Gasteiger partial charge on any atom is 0.308 e. The topological polar surface area (TPSA) is 192 Å². The number of hydrogen-bond donors (Lipinski definition) is 0. The van der Waals surface area contributed by atoms with Gasteiger partial charge in [-0.25, -0.2) is 0 Å². The quantitative estimate of drug-likeness (QED) is 0.0783. The van der Waals surface area contributed by atoms with Gasteiger partial charge in [-0.3, -0.25) is 38.4 Å². The second-order valence-electron chi connectivity index (χ2n) is 13.6. The molecular weight excluding hydrogens is 728 g/mol. The molecule has 8 aromatic carbocycles. The van der Waals surface area contributed by atoms with Crippen molar-refractivity contribution in [3.63, 3.8) is 0 Å². The van der Waals surface area contributed by atoms with E-state index in [0.717, 1.165) is 39.8 Å². The Balaban J connectivity index is 1.90. The van der Waals surface area contributed by atoms with E-state index in [1.807, 2.05) is 0 Å². The first-order valence-corrected chi connectivity index (χ1v) is 17.1. The Morgan fingerprint density at radius 3 is 0.750 bits per heavy atom. The number of aryl methyl sites for hydroxylation is 2. The molecule has 0 aliphatic rings. The third kappa shape index (κ3) is 4.95. The number of esters is 6. The molecule has 0 saturated carbocycles. The summed E-state index contributed by atoms with van der Waals surface area (Å²) in [6.07, 6.45) is 0. The van der Waals surface area contributed by atoms with Gasteiger partial charge in [0.15, 0.2) is 0 Å². The summed E-state index contributed by atoms with van der Waals surface area (Å²) < 4.78 is 34.1. The number of carbonyl (C=O) groups excluding carboxylic acids is 6. The smallest absolute Gasteiger partial charge is 0.308 e. The van der Waals surface area contributed by atoms with E-state index < -0.39 is 46.7 Å². The fourth-order valence-electron chi connectivity index (χ4n) is 8.30. The van der Waals surface area contributed by atoms with Gasteiger partial charge in [0.2, 0.25) is 10.9 Å². The van der Waals surface area contributed by atoms with Crippen LogP contribution in [-0.4, -0.2) is 35.8 Å². The van der Waals surface area contributed by atoms with Gasteiger partial charge in [-0.1, -0.05) is 0 Å². The minimum absolute atomic E-state index is 0.000202. The number of ether oxygens (including phenoxy) is 6. The molecule has 0 amide bonds. The third-order valence-electron chi connectivity index (χ3n) is 9.67. The SMILES string of the molecule is CC(=O)Oc1cc(C)c2c3c(C)cc(OC(C)=O)c4c(=O)c5c(OC(C)=O)cc(OC(C)=O)c6c7c(OC(C)=O)cc(OC(C)=O)c8c(=O)c1c2c(c87)c(c43)c56. The van der Waals surface area contributed by atoms with E-state index in [-0.39, 0.29) is 99.1 Å². The fourth-order valence-corrected chi connectivity index (χ4v) is 8.30. The molecule has 0 aromatic heterocycles. The minimum atomic E-state index is -0.831. The van der Waals surface area contributed by atoms with Gasteiger partial charge in [0.25, 0.3) is 0 Å². The van der Waals surface area contributed by atoms with Crippen molar-refractivity contribution in [3.05, 3.63) is 55.8 Å². The van der Waals surface area contributed by atoms with Gasteiger partial charge >= 0.3 is 35.8 Å². The molecule has 0 unspecified atom stereocenters. The monoisotopic (exact) mass is 756 g/mol. The Morgan fingerprint density at radius 1 is 0.304 bits per heavy atom. The lowest BCUT2D eigenvalue weighted by Gasteiger charge is -2.27. The molecule has 0 atom stereocenters. The molecule has 14 heteroatoms. The first kappa shape index (κ1) is 35.8. The predicted molar refractivity (Wildman–Crippen MR) is 204 cm³/mol. The molecule has 8 rings (SSSR count). The van der Waals surface area contributed by atoms with Crippen LogP contribution in [0.5, 0.6) is 34.5 Å². The molecule has 56 heavy (non-hydrogen) atoms. The van der Waals surface area contributed by atoms with Crippen LogP contribution in [0.15, 0.2) is 33.9 Å². The van der Waals surface area contributed by atoms with Crippen molar-refractivity contribution in [3.8, 4) is 34.5 Å². The lowest BCUT2D eigenvalue weighted by atomic mass is 9.78. The Kier molecular flexibility index (Phi) is 7.76. The van der Waals surface area contributed by atoms with Crippen molar-refractivity contribution in [2.75, 3.05) is 0 Å².